The monoisotopic (exact) mass is 333 g/mol. The van der Waals surface area contributed by atoms with Gasteiger partial charge in [0.2, 0.25) is 5.91 Å². The zero-order valence-electron chi connectivity index (χ0n) is 14.5. The highest BCUT2D eigenvalue weighted by atomic mass is 16.5. The van der Waals surface area contributed by atoms with E-state index in [2.05, 4.69) is 5.32 Å². The largest absolute Gasteiger partial charge is 0.481 e. The number of carbonyl (C=O) groups excluding carboxylic acids is 1. The average Bonchev–Trinajstić information content (AvgIpc) is 2.58. The molecule has 24 heavy (non-hydrogen) atoms. The third-order valence-electron chi connectivity index (χ3n) is 4.82. The van der Waals surface area contributed by atoms with Gasteiger partial charge in [-0.2, -0.15) is 0 Å². The van der Waals surface area contributed by atoms with Crippen molar-refractivity contribution in [2.24, 2.45) is 17.8 Å². The fraction of sp³-hybridized carbons (Fsp3) is 0.579. The summed E-state index contributed by atoms with van der Waals surface area (Å²) in [7, 11) is 0. The van der Waals surface area contributed by atoms with Crippen LogP contribution in [0.1, 0.15) is 30.9 Å². The van der Waals surface area contributed by atoms with Gasteiger partial charge in [0.25, 0.3) is 0 Å². The Morgan fingerprint density at radius 1 is 1.33 bits per heavy atom. The Hall–Kier alpha value is -1.88. The van der Waals surface area contributed by atoms with E-state index in [1.54, 1.807) is 0 Å². The van der Waals surface area contributed by atoms with Crippen LogP contribution in [-0.2, 0) is 20.7 Å². The Balaban J connectivity index is 1.88. The molecular weight excluding hydrogens is 306 g/mol. The topological polar surface area (TPSA) is 75.6 Å². The van der Waals surface area contributed by atoms with Crippen LogP contribution in [-0.4, -0.2) is 36.7 Å². The van der Waals surface area contributed by atoms with Crippen LogP contribution >= 0.6 is 0 Å². The highest BCUT2D eigenvalue weighted by Crippen LogP contribution is 2.23. The number of rotatable bonds is 7. The third kappa shape index (κ3) is 5.34. The van der Waals surface area contributed by atoms with Crippen LogP contribution in [0.2, 0.25) is 0 Å². The van der Waals surface area contributed by atoms with E-state index in [9.17, 15) is 14.7 Å². The number of amides is 1. The standard InChI is InChI=1S/C19H27NO4/c1-13-4-3-5-15(10-13)11-17(19(22)23)12-20-18(21)14(2)16-6-8-24-9-7-16/h3-5,10,14,16-17H,6-9,11-12H2,1-2H3,(H,20,21)(H,22,23). The summed E-state index contributed by atoms with van der Waals surface area (Å²) in [5.74, 6) is -1.34. The molecule has 1 aromatic carbocycles. The average molecular weight is 333 g/mol. The molecule has 2 rings (SSSR count). The van der Waals surface area contributed by atoms with E-state index >= 15 is 0 Å². The summed E-state index contributed by atoms with van der Waals surface area (Å²) in [6, 6.07) is 7.82. The number of hydrogen-bond acceptors (Lipinski definition) is 3. The molecule has 0 spiro atoms. The first-order valence-corrected chi connectivity index (χ1v) is 8.61. The number of carboxylic acid groups (broad SMARTS) is 1. The van der Waals surface area contributed by atoms with Gasteiger partial charge in [0.1, 0.15) is 0 Å². The van der Waals surface area contributed by atoms with E-state index in [0.717, 1.165) is 24.0 Å². The highest BCUT2D eigenvalue weighted by molar-refractivity contribution is 5.79. The second-order valence-electron chi connectivity index (χ2n) is 6.71. The van der Waals surface area contributed by atoms with Crippen LogP contribution in [0.3, 0.4) is 0 Å². The van der Waals surface area contributed by atoms with Gasteiger partial charge in [-0.3, -0.25) is 9.59 Å². The van der Waals surface area contributed by atoms with Crippen molar-refractivity contribution in [3.8, 4) is 0 Å². The normalized spacial score (nSPS) is 17.9. The first-order valence-electron chi connectivity index (χ1n) is 8.61. The van der Waals surface area contributed by atoms with E-state index in [0.29, 0.717) is 25.6 Å². The van der Waals surface area contributed by atoms with Gasteiger partial charge < -0.3 is 15.2 Å². The van der Waals surface area contributed by atoms with E-state index in [1.807, 2.05) is 38.1 Å². The molecule has 2 atom stereocenters. The Bertz CT molecular complexity index is 566. The van der Waals surface area contributed by atoms with Gasteiger partial charge in [0.05, 0.1) is 5.92 Å². The summed E-state index contributed by atoms with van der Waals surface area (Å²) in [5, 5.41) is 12.3. The van der Waals surface area contributed by atoms with Gasteiger partial charge >= 0.3 is 5.97 Å². The molecule has 1 amide bonds. The molecule has 2 N–H and O–H groups in total. The Kier molecular flexibility index (Phi) is 6.79. The minimum Gasteiger partial charge on any atom is -0.481 e. The summed E-state index contributed by atoms with van der Waals surface area (Å²) in [5.41, 5.74) is 2.09. The molecule has 5 heteroatoms. The van der Waals surface area contributed by atoms with Crippen molar-refractivity contribution in [3.05, 3.63) is 35.4 Å². The zero-order chi connectivity index (χ0) is 17.5. The van der Waals surface area contributed by atoms with E-state index in [4.69, 9.17) is 4.74 Å². The molecule has 0 saturated carbocycles. The smallest absolute Gasteiger partial charge is 0.308 e. The molecule has 0 radical (unpaired) electrons. The predicted molar refractivity (Wildman–Crippen MR) is 91.7 cm³/mol. The molecule has 1 fully saturated rings. The Labute approximate surface area is 143 Å². The highest BCUT2D eigenvalue weighted by Gasteiger charge is 2.27. The van der Waals surface area contributed by atoms with Gasteiger partial charge in [-0.1, -0.05) is 36.8 Å². The summed E-state index contributed by atoms with van der Waals surface area (Å²) in [4.78, 5) is 23.8. The third-order valence-corrected chi connectivity index (χ3v) is 4.82. The molecule has 0 aromatic heterocycles. The molecule has 132 valence electrons. The summed E-state index contributed by atoms with van der Waals surface area (Å²) >= 11 is 0. The van der Waals surface area contributed by atoms with Crippen molar-refractivity contribution in [2.45, 2.75) is 33.1 Å². The van der Waals surface area contributed by atoms with Crippen molar-refractivity contribution < 1.29 is 19.4 Å². The molecule has 0 aliphatic carbocycles. The van der Waals surface area contributed by atoms with Crippen LogP contribution in [0.15, 0.2) is 24.3 Å². The lowest BCUT2D eigenvalue weighted by Gasteiger charge is -2.27. The quantitative estimate of drug-likeness (QED) is 0.803. The van der Waals surface area contributed by atoms with Gasteiger partial charge in [-0.25, -0.2) is 0 Å². The van der Waals surface area contributed by atoms with Gasteiger partial charge in [0, 0.05) is 25.7 Å². The number of carbonyl (C=O) groups is 2. The number of aryl methyl sites for hydroxylation is 1. The minimum atomic E-state index is -0.879. The maximum absolute atomic E-state index is 12.3. The fourth-order valence-electron chi connectivity index (χ4n) is 3.19. The van der Waals surface area contributed by atoms with Crippen LogP contribution in [0.25, 0.3) is 0 Å². The lowest BCUT2D eigenvalue weighted by Crippen LogP contribution is -2.40. The number of nitrogens with one attached hydrogen (secondary N) is 1. The van der Waals surface area contributed by atoms with Crippen molar-refractivity contribution >= 4 is 11.9 Å². The summed E-state index contributed by atoms with van der Waals surface area (Å²) in [6.45, 7) is 5.47. The molecule has 1 aliphatic heterocycles. The second-order valence-corrected chi connectivity index (χ2v) is 6.71. The SMILES string of the molecule is Cc1cccc(CC(CNC(=O)C(C)C2CCOCC2)C(=O)O)c1. The lowest BCUT2D eigenvalue weighted by atomic mass is 9.86. The number of carboxylic acids is 1. The van der Waals surface area contributed by atoms with Crippen molar-refractivity contribution in [1.29, 1.82) is 0 Å². The van der Waals surface area contributed by atoms with Crippen LogP contribution in [0, 0.1) is 24.7 Å². The molecule has 1 heterocycles. The van der Waals surface area contributed by atoms with Gasteiger partial charge in [-0.15, -0.1) is 0 Å². The van der Waals surface area contributed by atoms with E-state index in [-0.39, 0.29) is 18.4 Å². The molecule has 1 aromatic rings. The molecule has 1 saturated heterocycles. The van der Waals surface area contributed by atoms with Crippen molar-refractivity contribution in [2.75, 3.05) is 19.8 Å². The lowest BCUT2D eigenvalue weighted by molar-refractivity contribution is -0.141. The maximum Gasteiger partial charge on any atom is 0.308 e. The predicted octanol–water partition coefficient (Wildman–Crippen LogP) is 2.42. The number of ether oxygens (including phenoxy) is 1. The molecule has 1 aliphatic rings. The van der Waals surface area contributed by atoms with Gasteiger partial charge in [0.15, 0.2) is 0 Å². The first-order chi connectivity index (χ1) is 11.5. The number of benzene rings is 1. The summed E-state index contributed by atoms with van der Waals surface area (Å²) < 4.78 is 5.33. The number of hydrogen-bond donors (Lipinski definition) is 2. The number of aliphatic carboxylic acids is 1. The van der Waals surface area contributed by atoms with Gasteiger partial charge in [-0.05, 0) is 37.7 Å². The maximum atomic E-state index is 12.3. The van der Waals surface area contributed by atoms with Crippen LogP contribution < -0.4 is 5.32 Å². The van der Waals surface area contributed by atoms with Crippen molar-refractivity contribution in [1.82, 2.24) is 5.32 Å². The second kappa shape index (κ2) is 8.83. The molecule has 0 bridgehead atoms. The molecule has 5 nitrogen and oxygen atoms in total. The Morgan fingerprint density at radius 2 is 2.04 bits per heavy atom. The molecule has 2 unspecified atom stereocenters. The van der Waals surface area contributed by atoms with Crippen molar-refractivity contribution in [3.63, 3.8) is 0 Å². The summed E-state index contributed by atoms with van der Waals surface area (Å²) in [6.07, 6.45) is 2.20. The minimum absolute atomic E-state index is 0.0580. The zero-order valence-corrected chi connectivity index (χ0v) is 14.5. The van der Waals surface area contributed by atoms with Crippen LogP contribution in [0.4, 0.5) is 0 Å². The fourth-order valence-corrected chi connectivity index (χ4v) is 3.19. The Morgan fingerprint density at radius 3 is 2.67 bits per heavy atom. The van der Waals surface area contributed by atoms with Crippen LogP contribution in [0.5, 0.6) is 0 Å². The van der Waals surface area contributed by atoms with E-state index in [1.165, 1.54) is 0 Å². The molecular formula is C19H27NO4. The van der Waals surface area contributed by atoms with E-state index < -0.39 is 11.9 Å². The first kappa shape index (κ1) is 18.5.